The number of urea groups is 1. The molecule has 2 rings (SSSR count). The number of carbonyl (C=O) groups is 1. The Morgan fingerprint density at radius 3 is 2.75 bits per heavy atom. The number of aliphatic hydroxyl groups excluding tert-OH is 1. The summed E-state index contributed by atoms with van der Waals surface area (Å²) in [7, 11) is 0. The Balaban J connectivity index is 1.96. The van der Waals surface area contributed by atoms with Crippen LogP contribution in [0.3, 0.4) is 0 Å². The molecule has 1 heterocycles. The molecule has 1 aromatic rings. The number of nitrogens with zero attached hydrogens (tertiary/aromatic N) is 1. The van der Waals surface area contributed by atoms with E-state index in [-0.39, 0.29) is 24.8 Å². The molecule has 0 radical (unpaired) electrons. The summed E-state index contributed by atoms with van der Waals surface area (Å²) in [6, 6.07) is 7.24. The summed E-state index contributed by atoms with van der Waals surface area (Å²) >= 11 is 0. The second kappa shape index (κ2) is 6.69. The van der Waals surface area contributed by atoms with E-state index in [9.17, 15) is 4.79 Å². The first-order valence-electron chi connectivity index (χ1n) is 6.73. The maximum atomic E-state index is 12.2. The van der Waals surface area contributed by atoms with E-state index in [2.05, 4.69) is 5.32 Å². The molecule has 6 nitrogen and oxygen atoms in total. The lowest BCUT2D eigenvalue weighted by Gasteiger charge is -2.36. The molecule has 6 heteroatoms. The van der Waals surface area contributed by atoms with E-state index in [1.54, 1.807) is 4.90 Å². The van der Waals surface area contributed by atoms with Crippen LogP contribution < -0.4 is 11.1 Å². The summed E-state index contributed by atoms with van der Waals surface area (Å²) in [5.41, 5.74) is 7.28. The van der Waals surface area contributed by atoms with Crippen LogP contribution in [0.5, 0.6) is 0 Å². The van der Waals surface area contributed by atoms with Crippen molar-refractivity contribution >= 4 is 11.7 Å². The normalized spacial score (nSPS) is 22.6. The van der Waals surface area contributed by atoms with Crippen LogP contribution in [0, 0.1) is 0 Å². The fraction of sp³-hybridized carbons (Fsp3) is 0.500. The van der Waals surface area contributed by atoms with Gasteiger partial charge in [-0.15, -0.1) is 0 Å². The monoisotopic (exact) mass is 279 g/mol. The zero-order chi connectivity index (χ0) is 14.5. The molecule has 1 saturated heterocycles. The van der Waals surface area contributed by atoms with Crippen molar-refractivity contribution in [1.29, 1.82) is 0 Å². The van der Waals surface area contributed by atoms with Crippen molar-refractivity contribution in [2.75, 3.05) is 25.0 Å². The van der Waals surface area contributed by atoms with Gasteiger partial charge in [0.25, 0.3) is 0 Å². The van der Waals surface area contributed by atoms with Crippen LogP contribution >= 0.6 is 0 Å². The average molecular weight is 279 g/mol. The van der Waals surface area contributed by atoms with Crippen molar-refractivity contribution < 1.29 is 14.6 Å². The van der Waals surface area contributed by atoms with Crippen LogP contribution in [0.2, 0.25) is 0 Å². The summed E-state index contributed by atoms with van der Waals surface area (Å²) in [4.78, 5) is 13.8. The molecule has 20 heavy (non-hydrogen) atoms. The largest absolute Gasteiger partial charge is 0.394 e. The molecule has 0 aliphatic carbocycles. The average Bonchev–Trinajstić information content (AvgIpc) is 2.47. The summed E-state index contributed by atoms with van der Waals surface area (Å²) in [6.07, 6.45) is -0.393. The lowest BCUT2D eigenvalue weighted by molar-refractivity contribution is -0.0822. The molecule has 110 valence electrons. The van der Waals surface area contributed by atoms with Gasteiger partial charge in [0, 0.05) is 18.8 Å². The summed E-state index contributed by atoms with van der Waals surface area (Å²) in [5.74, 6) is 0. The van der Waals surface area contributed by atoms with Gasteiger partial charge in [-0.3, -0.25) is 0 Å². The molecule has 1 aliphatic rings. The Morgan fingerprint density at radius 1 is 1.45 bits per heavy atom. The Bertz CT molecular complexity index is 449. The van der Waals surface area contributed by atoms with E-state index >= 15 is 0 Å². The van der Waals surface area contributed by atoms with Crippen molar-refractivity contribution in [3.8, 4) is 0 Å². The van der Waals surface area contributed by atoms with Gasteiger partial charge in [-0.05, 0) is 24.6 Å². The van der Waals surface area contributed by atoms with Crippen LogP contribution in [-0.2, 0) is 11.3 Å². The maximum Gasteiger partial charge on any atom is 0.322 e. The van der Waals surface area contributed by atoms with Crippen LogP contribution in [0.15, 0.2) is 24.3 Å². The Morgan fingerprint density at radius 2 is 2.15 bits per heavy atom. The first-order chi connectivity index (χ1) is 9.62. The predicted octanol–water partition coefficient (Wildman–Crippen LogP) is 0.759. The Labute approximate surface area is 118 Å². The molecular formula is C14H21N3O3. The smallest absolute Gasteiger partial charge is 0.322 e. The number of anilines is 1. The van der Waals surface area contributed by atoms with E-state index in [4.69, 9.17) is 15.6 Å². The first kappa shape index (κ1) is 14.8. The first-order valence-corrected chi connectivity index (χ1v) is 6.73. The number of benzene rings is 1. The van der Waals surface area contributed by atoms with Gasteiger partial charge in [0.2, 0.25) is 0 Å². The number of rotatable bonds is 3. The third kappa shape index (κ3) is 3.69. The number of nitrogens with one attached hydrogen (secondary N) is 1. The van der Waals surface area contributed by atoms with Crippen molar-refractivity contribution in [1.82, 2.24) is 4.90 Å². The van der Waals surface area contributed by atoms with E-state index in [0.717, 1.165) is 11.3 Å². The number of amides is 2. The number of aliphatic hydroxyl groups is 1. The zero-order valence-corrected chi connectivity index (χ0v) is 11.6. The number of hydrogen-bond acceptors (Lipinski definition) is 4. The van der Waals surface area contributed by atoms with Crippen LogP contribution in [0.1, 0.15) is 12.5 Å². The topological polar surface area (TPSA) is 87.8 Å². The highest BCUT2D eigenvalue weighted by Gasteiger charge is 2.27. The summed E-state index contributed by atoms with van der Waals surface area (Å²) < 4.78 is 5.51. The SMILES string of the molecule is CC1CN(C(=O)Nc2ccc(CN)cc2)CC(CO)O1. The fourth-order valence-corrected chi connectivity index (χ4v) is 2.24. The molecule has 2 atom stereocenters. The van der Waals surface area contributed by atoms with Gasteiger partial charge >= 0.3 is 6.03 Å². The van der Waals surface area contributed by atoms with Gasteiger partial charge in [-0.2, -0.15) is 0 Å². The van der Waals surface area contributed by atoms with Crippen LogP contribution in [0.25, 0.3) is 0 Å². The third-order valence-corrected chi connectivity index (χ3v) is 3.26. The second-order valence-corrected chi connectivity index (χ2v) is 4.99. The Hall–Kier alpha value is -1.63. The number of morpholine rings is 1. The van der Waals surface area contributed by atoms with Crippen molar-refractivity contribution in [2.24, 2.45) is 5.73 Å². The van der Waals surface area contributed by atoms with E-state index in [0.29, 0.717) is 19.6 Å². The van der Waals surface area contributed by atoms with Gasteiger partial charge in [0.1, 0.15) is 0 Å². The van der Waals surface area contributed by atoms with E-state index in [1.807, 2.05) is 31.2 Å². The molecule has 2 amide bonds. The van der Waals surface area contributed by atoms with E-state index in [1.165, 1.54) is 0 Å². The summed E-state index contributed by atoms with van der Waals surface area (Å²) in [6.45, 7) is 3.20. The molecule has 0 saturated carbocycles. The number of carbonyl (C=O) groups excluding carboxylic acids is 1. The number of nitrogens with two attached hydrogens (primary N) is 1. The van der Waals surface area contributed by atoms with Crippen molar-refractivity contribution in [2.45, 2.75) is 25.7 Å². The van der Waals surface area contributed by atoms with Gasteiger partial charge in [-0.25, -0.2) is 4.79 Å². The minimum absolute atomic E-state index is 0.0775. The number of hydrogen-bond donors (Lipinski definition) is 3. The van der Waals surface area contributed by atoms with Crippen LogP contribution in [0.4, 0.5) is 10.5 Å². The standard InChI is InChI=1S/C14H21N3O3/c1-10-7-17(8-13(9-18)20-10)14(19)16-12-4-2-11(6-15)3-5-12/h2-5,10,13,18H,6-9,15H2,1H3,(H,16,19). The van der Waals surface area contributed by atoms with Crippen molar-refractivity contribution in [3.05, 3.63) is 29.8 Å². The molecule has 0 aromatic heterocycles. The molecule has 1 fully saturated rings. The second-order valence-electron chi connectivity index (χ2n) is 4.99. The molecule has 4 N–H and O–H groups in total. The van der Waals surface area contributed by atoms with Gasteiger partial charge < -0.3 is 25.8 Å². The molecule has 1 aliphatic heterocycles. The molecule has 1 aromatic carbocycles. The van der Waals surface area contributed by atoms with Crippen molar-refractivity contribution in [3.63, 3.8) is 0 Å². The highest BCUT2D eigenvalue weighted by Crippen LogP contribution is 2.14. The lowest BCUT2D eigenvalue weighted by atomic mass is 10.2. The molecular weight excluding hydrogens is 258 g/mol. The van der Waals surface area contributed by atoms with E-state index < -0.39 is 0 Å². The predicted molar refractivity (Wildman–Crippen MR) is 76.3 cm³/mol. The quantitative estimate of drug-likeness (QED) is 0.762. The fourth-order valence-electron chi connectivity index (χ4n) is 2.24. The van der Waals surface area contributed by atoms with Gasteiger partial charge in [-0.1, -0.05) is 12.1 Å². The molecule has 0 spiro atoms. The van der Waals surface area contributed by atoms with Gasteiger partial charge in [0.15, 0.2) is 0 Å². The Kier molecular flexibility index (Phi) is 4.94. The van der Waals surface area contributed by atoms with Crippen LogP contribution in [-0.4, -0.2) is 47.9 Å². The third-order valence-electron chi connectivity index (χ3n) is 3.26. The molecule has 2 unspecified atom stereocenters. The highest BCUT2D eigenvalue weighted by atomic mass is 16.5. The minimum atomic E-state index is -0.316. The zero-order valence-electron chi connectivity index (χ0n) is 11.6. The summed E-state index contributed by atoms with van der Waals surface area (Å²) in [5, 5.41) is 12.0. The maximum absolute atomic E-state index is 12.2. The molecule has 0 bridgehead atoms. The lowest BCUT2D eigenvalue weighted by Crippen LogP contribution is -2.51. The highest BCUT2D eigenvalue weighted by molar-refractivity contribution is 5.89. The minimum Gasteiger partial charge on any atom is -0.394 e. The van der Waals surface area contributed by atoms with Gasteiger partial charge in [0.05, 0.1) is 25.4 Å². The number of ether oxygens (including phenoxy) is 1.